The van der Waals surface area contributed by atoms with Crippen LogP contribution in [-0.2, 0) is 18.8 Å². The first-order chi connectivity index (χ1) is 13.1. The zero-order chi connectivity index (χ0) is 20.2. The van der Waals surface area contributed by atoms with Gasteiger partial charge in [-0.3, -0.25) is 4.79 Å². The Kier molecular flexibility index (Phi) is 4.72. The molecule has 28 heavy (non-hydrogen) atoms. The van der Waals surface area contributed by atoms with Crippen molar-refractivity contribution in [3.8, 4) is 0 Å². The number of amides is 1. The molecule has 0 bridgehead atoms. The largest absolute Gasteiger partial charge is 0.496 e. The molecule has 0 N–H and O–H groups in total. The molecule has 0 saturated carbocycles. The van der Waals surface area contributed by atoms with Crippen LogP contribution in [0.4, 0.5) is 5.82 Å². The first kappa shape index (κ1) is 19.7. The smallest absolute Gasteiger partial charge is 0.399 e. The van der Waals surface area contributed by atoms with E-state index in [4.69, 9.17) is 14.0 Å². The Bertz CT molecular complexity index is 724. The van der Waals surface area contributed by atoms with Crippen LogP contribution >= 0.6 is 0 Å². The van der Waals surface area contributed by atoms with E-state index in [0.717, 1.165) is 37.5 Å². The van der Waals surface area contributed by atoms with E-state index in [1.54, 1.807) is 0 Å². The molecule has 3 saturated heterocycles. The molecule has 7 nitrogen and oxygen atoms in total. The van der Waals surface area contributed by atoms with Gasteiger partial charge in [-0.25, -0.2) is 4.98 Å². The standard InChI is InChI=1S/C20H30BN3O4/c1-18(2)19(3,4)28-21(27-18)15-6-7-16(22-12-15)23-8-10-24(11-9-23)17(25)20(5)13-26-14-20/h6-7,12H,8-11,13-14H2,1-5H3. The maximum atomic E-state index is 12.6. The number of hydrogen-bond donors (Lipinski definition) is 0. The zero-order valence-electron chi connectivity index (χ0n) is 17.5. The van der Waals surface area contributed by atoms with Crippen molar-refractivity contribution in [2.75, 3.05) is 44.3 Å². The molecule has 0 unspecified atom stereocenters. The third-order valence-electron chi connectivity index (χ3n) is 6.54. The third-order valence-corrected chi connectivity index (χ3v) is 6.54. The molecule has 3 fully saturated rings. The second-order valence-electron chi connectivity index (χ2n) is 9.37. The van der Waals surface area contributed by atoms with E-state index in [0.29, 0.717) is 13.2 Å². The Balaban J connectivity index is 1.36. The van der Waals surface area contributed by atoms with Gasteiger partial charge in [0.2, 0.25) is 5.91 Å². The molecule has 8 heteroatoms. The highest BCUT2D eigenvalue weighted by molar-refractivity contribution is 6.62. The highest BCUT2D eigenvalue weighted by Crippen LogP contribution is 2.36. The molecule has 3 aliphatic heterocycles. The van der Waals surface area contributed by atoms with E-state index in [1.807, 2.05) is 57.8 Å². The van der Waals surface area contributed by atoms with Crippen molar-refractivity contribution < 1.29 is 18.8 Å². The molecule has 0 atom stereocenters. The van der Waals surface area contributed by atoms with Crippen LogP contribution in [0.5, 0.6) is 0 Å². The summed E-state index contributed by atoms with van der Waals surface area (Å²) in [6.45, 7) is 14.2. The summed E-state index contributed by atoms with van der Waals surface area (Å²) in [5.74, 6) is 1.13. The second-order valence-corrected chi connectivity index (χ2v) is 9.37. The summed E-state index contributed by atoms with van der Waals surface area (Å²) < 4.78 is 17.4. The molecule has 1 aromatic heterocycles. The van der Waals surface area contributed by atoms with Crippen LogP contribution in [0.1, 0.15) is 34.6 Å². The number of ether oxygens (including phenoxy) is 1. The first-order valence-electron chi connectivity index (χ1n) is 10.1. The predicted octanol–water partition coefficient (Wildman–Crippen LogP) is 1.07. The molecule has 0 aromatic carbocycles. The Labute approximate surface area is 167 Å². The van der Waals surface area contributed by atoms with E-state index in [9.17, 15) is 4.79 Å². The number of hydrogen-bond acceptors (Lipinski definition) is 6. The number of carbonyl (C=O) groups is 1. The van der Waals surface area contributed by atoms with Crippen molar-refractivity contribution in [1.29, 1.82) is 0 Å². The van der Waals surface area contributed by atoms with Crippen LogP contribution in [0.3, 0.4) is 0 Å². The van der Waals surface area contributed by atoms with E-state index < -0.39 is 7.12 Å². The Morgan fingerprint density at radius 1 is 1.00 bits per heavy atom. The molecular formula is C20H30BN3O4. The van der Waals surface area contributed by atoms with Crippen molar-refractivity contribution in [2.45, 2.75) is 45.8 Å². The van der Waals surface area contributed by atoms with E-state index >= 15 is 0 Å². The summed E-state index contributed by atoms with van der Waals surface area (Å²) in [5.41, 5.74) is -0.123. The molecule has 3 aliphatic rings. The number of carbonyl (C=O) groups excluding carboxylic acids is 1. The average molecular weight is 387 g/mol. The van der Waals surface area contributed by atoms with Gasteiger partial charge < -0.3 is 23.8 Å². The first-order valence-corrected chi connectivity index (χ1v) is 10.1. The summed E-state index contributed by atoms with van der Waals surface area (Å²) in [6, 6.07) is 4.04. The highest BCUT2D eigenvalue weighted by Gasteiger charge is 2.51. The van der Waals surface area contributed by atoms with Crippen molar-refractivity contribution in [3.05, 3.63) is 18.3 Å². The fourth-order valence-corrected chi connectivity index (χ4v) is 3.76. The highest BCUT2D eigenvalue weighted by atomic mass is 16.7. The fourth-order valence-electron chi connectivity index (χ4n) is 3.76. The van der Waals surface area contributed by atoms with Crippen molar-refractivity contribution in [2.24, 2.45) is 5.41 Å². The third kappa shape index (κ3) is 3.31. The van der Waals surface area contributed by atoms with Crippen LogP contribution in [0.2, 0.25) is 0 Å². The number of piperazine rings is 1. The monoisotopic (exact) mass is 387 g/mol. The summed E-state index contributed by atoms with van der Waals surface area (Å²) >= 11 is 0. The number of aromatic nitrogens is 1. The SMILES string of the molecule is CC1(C(=O)N2CCN(c3ccc(B4OC(C)(C)C(C)(C)O4)cn3)CC2)COC1. The van der Waals surface area contributed by atoms with Gasteiger partial charge in [-0.15, -0.1) is 0 Å². The molecule has 1 amide bonds. The molecule has 0 radical (unpaired) electrons. The maximum absolute atomic E-state index is 12.6. The molecule has 1 aromatic rings. The lowest BCUT2D eigenvalue weighted by atomic mass is 9.80. The molecule has 4 heterocycles. The second kappa shape index (κ2) is 6.71. The van der Waals surface area contributed by atoms with Gasteiger partial charge in [0.05, 0.1) is 29.8 Å². The van der Waals surface area contributed by atoms with Gasteiger partial charge >= 0.3 is 7.12 Å². The number of anilines is 1. The lowest BCUT2D eigenvalue weighted by Gasteiger charge is -2.43. The van der Waals surface area contributed by atoms with Gasteiger partial charge in [-0.05, 0) is 40.7 Å². The lowest BCUT2D eigenvalue weighted by Crippen LogP contribution is -2.58. The Hall–Kier alpha value is -1.64. The van der Waals surface area contributed by atoms with Gasteiger partial charge in [-0.1, -0.05) is 6.07 Å². The number of pyridine rings is 1. The van der Waals surface area contributed by atoms with E-state index in [2.05, 4.69) is 9.88 Å². The zero-order valence-corrected chi connectivity index (χ0v) is 17.5. The summed E-state index contributed by atoms with van der Waals surface area (Å²) in [6.07, 6.45) is 1.84. The molecule has 0 spiro atoms. The van der Waals surface area contributed by atoms with Crippen LogP contribution in [-0.4, -0.2) is 73.5 Å². The van der Waals surface area contributed by atoms with Crippen LogP contribution in [0.25, 0.3) is 0 Å². The van der Waals surface area contributed by atoms with E-state index in [1.165, 1.54) is 0 Å². The van der Waals surface area contributed by atoms with Crippen LogP contribution in [0.15, 0.2) is 18.3 Å². The summed E-state index contributed by atoms with van der Waals surface area (Å²) in [7, 11) is -0.397. The van der Waals surface area contributed by atoms with Crippen LogP contribution in [0, 0.1) is 5.41 Å². The lowest BCUT2D eigenvalue weighted by molar-refractivity contribution is -0.169. The van der Waals surface area contributed by atoms with Crippen molar-refractivity contribution >= 4 is 24.3 Å². The molecule has 4 rings (SSSR count). The minimum absolute atomic E-state index is 0.211. The van der Waals surface area contributed by atoms with Crippen LogP contribution < -0.4 is 10.4 Å². The predicted molar refractivity (Wildman–Crippen MR) is 108 cm³/mol. The maximum Gasteiger partial charge on any atom is 0.496 e. The van der Waals surface area contributed by atoms with Crippen molar-refractivity contribution in [1.82, 2.24) is 9.88 Å². The van der Waals surface area contributed by atoms with Gasteiger partial charge in [-0.2, -0.15) is 0 Å². The van der Waals surface area contributed by atoms with Gasteiger partial charge in [0.15, 0.2) is 0 Å². The van der Waals surface area contributed by atoms with Crippen molar-refractivity contribution in [3.63, 3.8) is 0 Å². The van der Waals surface area contributed by atoms with Gasteiger partial charge in [0.1, 0.15) is 5.82 Å². The van der Waals surface area contributed by atoms with Gasteiger partial charge in [0, 0.05) is 37.8 Å². The summed E-state index contributed by atoms with van der Waals surface area (Å²) in [5, 5.41) is 0. The Morgan fingerprint density at radius 2 is 1.61 bits per heavy atom. The van der Waals surface area contributed by atoms with Gasteiger partial charge in [0.25, 0.3) is 0 Å². The average Bonchev–Trinajstić information content (AvgIpc) is 2.87. The number of rotatable bonds is 3. The summed E-state index contributed by atoms with van der Waals surface area (Å²) in [4.78, 5) is 21.4. The Morgan fingerprint density at radius 3 is 2.07 bits per heavy atom. The normalized spacial score (nSPS) is 25.5. The molecule has 0 aliphatic carbocycles. The minimum atomic E-state index is -0.397. The quantitative estimate of drug-likeness (QED) is 0.723. The van der Waals surface area contributed by atoms with E-state index in [-0.39, 0.29) is 22.5 Å². The topological polar surface area (TPSA) is 64.1 Å². The molecule has 152 valence electrons. The fraction of sp³-hybridized carbons (Fsp3) is 0.700. The number of nitrogens with zero attached hydrogens (tertiary/aromatic N) is 3. The minimum Gasteiger partial charge on any atom is -0.399 e. The molecular weight excluding hydrogens is 357 g/mol.